The van der Waals surface area contributed by atoms with Crippen LogP contribution in [0.2, 0.25) is 5.02 Å². The molecule has 1 N–H and O–H groups in total. The van der Waals surface area contributed by atoms with Crippen molar-refractivity contribution in [3.8, 4) is 11.4 Å². The summed E-state index contributed by atoms with van der Waals surface area (Å²) in [6.45, 7) is 1.99. The molecule has 3 rings (SSSR count). The van der Waals surface area contributed by atoms with Crippen LogP contribution in [0.4, 0.5) is 0 Å². The van der Waals surface area contributed by atoms with E-state index < -0.39 is 0 Å². The van der Waals surface area contributed by atoms with Crippen molar-refractivity contribution < 1.29 is 0 Å². The predicted octanol–water partition coefficient (Wildman–Crippen LogP) is 4.19. The molecule has 0 radical (unpaired) electrons. The monoisotopic (exact) mass is 242 g/mol. The van der Waals surface area contributed by atoms with Crippen LogP contribution in [0.5, 0.6) is 0 Å². The van der Waals surface area contributed by atoms with Crippen molar-refractivity contribution in [1.29, 1.82) is 0 Å². The van der Waals surface area contributed by atoms with Gasteiger partial charge in [0.2, 0.25) is 0 Å². The predicted molar refractivity (Wildman–Crippen MR) is 71.3 cm³/mol. The van der Waals surface area contributed by atoms with Gasteiger partial charge in [0.1, 0.15) is 5.82 Å². The number of aryl methyl sites for hydroxylation is 1. The Morgan fingerprint density at radius 3 is 2.65 bits per heavy atom. The molecule has 0 amide bonds. The minimum absolute atomic E-state index is 0.753. The molecular weight excluding hydrogens is 232 g/mol. The van der Waals surface area contributed by atoms with Crippen molar-refractivity contribution in [1.82, 2.24) is 9.97 Å². The van der Waals surface area contributed by atoms with Gasteiger partial charge in [-0.3, -0.25) is 0 Å². The molecule has 3 aromatic rings. The lowest BCUT2D eigenvalue weighted by molar-refractivity contribution is 1.34. The van der Waals surface area contributed by atoms with Crippen molar-refractivity contribution >= 4 is 22.6 Å². The Labute approximate surface area is 104 Å². The van der Waals surface area contributed by atoms with Gasteiger partial charge in [-0.15, -0.1) is 0 Å². The number of imidazole rings is 1. The molecule has 3 heteroatoms. The number of H-pyrrole nitrogens is 1. The van der Waals surface area contributed by atoms with E-state index in [2.05, 4.69) is 9.97 Å². The fraction of sp³-hybridized carbons (Fsp3) is 0.0714. The highest BCUT2D eigenvalue weighted by molar-refractivity contribution is 6.32. The number of nitrogens with zero attached hydrogens (tertiary/aromatic N) is 1. The summed E-state index contributed by atoms with van der Waals surface area (Å²) in [5.41, 5.74) is 4.06. The van der Waals surface area contributed by atoms with Crippen LogP contribution < -0.4 is 0 Å². The Morgan fingerprint density at radius 1 is 1.12 bits per heavy atom. The quantitative estimate of drug-likeness (QED) is 0.681. The molecule has 17 heavy (non-hydrogen) atoms. The maximum atomic E-state index is 6.09. The van der Waals surface area contributed by atoms with E-state index >= 15 is 0 Å². The Hall–Kier alpha value is -1.80. The molecule has 84 valence electrons. The third-order valence-electron chi connectivity index (χ3n) is 2.81. The van der Waals surface area contributed by atoms with E-state index in [0.717, 1.165) is 33.0 Å². The van der Waals surface area contributed by atoms with Gasteiger partial charge in [0.15, 0.2) is 0 Å². The number of rotatable bonds is 1. The molecule has 0 bridgehead atoms. The van der Waals surface area contributed by atoms with Gasteiger partial charge in [-0.1, -0.05) is 41.9 Å². The number of halogens is 1. The highest BCUT2D eigenvalue weighted by Crippen LogP contribution is 2.25. The number of hydrogen-bond donors (Lipinski definition) is 1. The molecule has 1 heterocycles. The highest BCUT2D eigenvalue weighted by Gasteiger charge is 2.06. The van der Waals surface area contributed by atoms with Gasteiger partial charge < -0.3 is 4.98 Å². The van der Waals surface area contributed by atoms with Crippen LogP contribution in [0, 0.1) is 6.92 Å². The van der Waals surface area contributed by atoms with Gasteiger partial charge in [-0.25, -0.2) is 4.98 Å². The summed E-state index contributed by atoms with van der Waals surface area (Å²) in [5.74, 6) is 0.877. The first-order chi connectivity index (χ1) is 8.24. The van der Waals surface area contributed by atoms with Gasteiger partial charge in [0.25, 0.3) is 0 Å². The minimum Gasteiger partial charge on any atom is -0.338 e. The smallest absolute Gasteiger partial charge is 0.138 e. The fourth-order valence-electron chi connectivity index (χ4n) is 1.87. The standard InChI is InChI=1S/C14H11ClN2/c1-9-7-12-13(8-11(9)15)17-14(16-12)10-5-3-2-4-6-10/h2-8H,1H3,(H,16,17). The van der Waals surface area contributed by atoms with E-state index in [9.17, 15) is 0 Å². The summed E-state index contributed by atoms with van der Waals surface area (Å²) < 4.78 is 0. The van der Waals surface area contributed by atoms with E-state index in [1.54, 1.807) is 0 Å². The van der Waals surface area contributed by atoms with Crippen molar-refractivity contribution in [3.63, 3.8) is 0 Å². The maximum absolute atomic E-state index is 6.09. The van der Waals surface area contributed by atoms with Gasteiger partial charge in [0, 0.05) is 10.6 Å². The number of nitrogens with one attached hydrogen (secondary N) is 1. The molecule has 0 atom stereocenters. The van der Waals surface area contributed by atoms with Gasteiger partial charge >= 0.3 is 0 Å². The lowest BCUT2D eigenvalue weighted by Crippen LogP contribution is -1.77. The molecule has 0 aliphatic carbocycles. The van der Waals surface area contributed by atoms with Gasteiger partial charge in [-0.2, -0.15) is 0 Å². The Balaban J connectivity index is 2.21. The molecule has 2 nitrogen and oxygen atoms in total. The van der Waals surface area contributed by atoms with Crippen LogP contribution in [0.1, 0.15) is 5.56 Å². The molecule has 0 saturated heterocycles. The zero-order valence-electron chi connectivity index (χ0n) is 9.37. The Kier molecular flexibility index (Phi) is 2.37. The van der Waals surface area contributed by atoms with Crippen molar-refractivity contribution in [2.45, 2.75) is 6.92 Å². The summed E-state index contributed by atoms with van der Waals surface area (Å²) in [6.07, 6.45) is 0. The van der Waals surface area contributed by atoms with E-state index in [4.69, 9.17) is 11.6 Å². The lowest BCUT2D eigenvalue weighted by atomic mass is 10.2. The fourth-order valence-corrected chi connectivity index (χ4v) is 2.03. The zero-order chi connectivity index (χ0) is 11.8. The largest absolute Gasteiger partial charge is 0.338 e. The van der Waals surface area contributed by atoms with Crippen LogP contribution in [-0.4, -0.2) is 9.97 Å². The lowest BCUT2D eigenvalue weighted by Gasteiger charge is -1.95. The second-order valence-corrected chi connectivity index (χ2v) is 4.48. The molecule has 0 spiro atoms. The number of benzene rings is 2. The summed E-state index contributed by atoms with van der Waals surface area (Å²) in [7, 11) is 0. The summed E-state index contributed by atoms with van der Waals surface area (Å²) >= 11 is 6.09. The molecule has 0 unspecified atom stereocenters. The molecule has 0 saturated carbocycles. The van der Waals surface area contributed by atoms with Crippen LogP contribution in [0.25, 0.3) is 22.4 Å². The number of fused-ring (bicyclic) bond motifs is 1. The van der Waals surface area contributed by atoms with Gasteiger partial charge in [0.05, 0.1) is 11.0 Å². The number of aromatic nitrogens is 2. The average Bonchev–Trinajstić information content (AvgIpc) is 2.74. The Bertz CT molecular complexity index is 632. The van der Waals surface area contributed by atoms with Crippen LogP contribution in [0.15, 0.2) is 42.5 Å². The second-order valence-electron chi connectivity index (χ2n) is 4.07. The maximum Gasteiger partial charge on any atom is 0.138 e. The zero-order valence-corrected chi connectivity index (χ0v) is 10.1. The van der Waals surface area contributed by atoms with Crippen LogP contribution >= 0.6 is 11.6 Å². The molecule has 0 aliphatic rings. The molecular formula is C14H11ClN2. The highest BCUT2D eigenvalue weighted by atomic mass is 35.5. The first-order valence-electron chi connectivity index (χ1n) is 5.45. The van der Waals surface area contributed by atoms with Gasteiger partial charge in [-0.05, 0) is 24.6 Å². The molecule has 2 aromatic carbocycles. The van der Waals surface area contributed by atoms with E-state index in [0.29, 0.717) is 0 Å². The Morgan fingerprint density at radius 2 is 1.88 bits per heavy atom. The summed E-state index contributed by atoms with van der Waals surface area (Å²) in [4.78, 5) is 7.86. The first kappa shape index (κ1) is 10.4. The van der Waals surface area contributed by atoms with Crippen LogP contribution in [0.3, 0.4) is 0 Å². The minimum atomic E-state index is 0.753. The summed E-state index contributed by atoms with van der Waals surface area (Å²) in [6, 6.07) is 14.0. The van der Waals surface area contributed by atoms with Crippen LogP contribution in [-0.2, 0) is 0 Å². The number of hydrogen-bond acceptors (Lipinski definition) is 1. The van der Waals surface area contributed by atoms with Crippen molar-refractivity contribution in [3.05, 3.63) is 53.1 Å². The third-order valence-corrected chi connectivity index (χ3v) is 3.22. The van der Waals surface area contributed by atoms with E-state index in [1.165, 1.54) is 0 Å². The normalized spacial score (nSPS) is 10.9. The van der Waals surface area contributed by atoms with E-state index in [-0.39, 0.29) is 0 Å². The molecule has 0 fully saturated rings. The topological polar surface area (TPSA) is 28.7 Å². The number of aromatic amines is 1. The molecule has 0 aliphatic heterocycles. The van der Waals surface area contributed by atoms with Crippen molar-refractivity contribution in [2.75, 3.05) is 0 Å². The third kappa shape index (κ3) is 1.81. The van der Waals surface area contributed by atoms with E-state index in [1.807, 2.05) is 49.4 Å². The average molecular weight is 243 g/mol. The molecule has 1 aromatic heterocycles. The SMILES string of the molecule is Cc1cc2[nH]c(-c3ccccc3)nc2cc1Cl. The first-order valence-corrected chi connectivity index (χ1v) is 5.83. The van der Waals surface area contributed by atoms with Crippen molar-refractivity contribution in [2.24, 2.45) is 0 Å². The summed E-state index contributed by atoms with van der Waals surface area (Å²) in [5, 5.41) is 0.753. The second kappa shape index (κ2) is 3.90.